The van der Waals surface area contributed by atoms with Gasteiger partial charge in [-0.3, -0.25) is 0 Å². The Morgan fingerprint density at radius 1 is 0.390 bits per heavy atom. The second kappa shape index (κ2) is 12.1. The van der Waals surface area contributed by atoms with Crippen molar-refractivity contribution in [2.45, 2.75) is 44.9 Å². The third-order valence-electron chi connectivity index (χ3n) is 14.4. The molecule has 13 rings (SSSR count). The van der Waals surface area contributed by atoms with E-state index in [2.05, 4.69) is 184 Å². The van der Waals surface area contributed by atoms with Gasteiger partial charge in [-0.05, 0) is 177 Å². The average Bonchev–Trinajstić information content (AvgIpc) is 3.51. The predicted octanol–water partition coefficient (Wildman–Crippen LogP) is 15.7. The summed E-state index contributed by atoms with van der Waals surface area (Å²) in [7, 11) is 0. The molecule has 0 aromatic heterocycles. The highest BCUT2D eigenvalue weighted by molar-refractivity contribution is 6.10. The maximum Gasteiger partial charge on any atom is 0.0159 e. The summed E-state index contributed by atoms with van der Waals surface area (Å²) in [4.78, 5) is 0. The highest BCUT2D eigenvalue weighted by atomic mass is 14.4. The molecule has 5 aliphatic carbocycles. The summed E-state index contributed by atoms with van der Waals surface area (Å²) in [5.74, 6) is 0. The van der Waals surface area contributed by atoms with Gasteiger partial charge in [0.2, 0.25) is 0 Å². The maximum atomic E-state index is 2.49. The van der Waals surface area contributed by atoms with Gasteiger partial charge in [0.1, 0.15) is 0 Å². The molecule has 8 aromatic rings. The van der Waals surface area contributed by atoms with Gasteiger partial charge < -0.3 is 0 Å². The third kappa shape index (κ3) is 4.72. The van der Waals surface area contributed by atoms with E-state index >= 15 is 0 Å². The van der Waals surface area contributed by atoms with Crippen molar-refractivity contribution in [1.29, 1.82) is 0 Å². The fraction of sp³-hybridized carbons (Fsp3) is 0.119. The number of fused-ring (bicyclic) bond motifs is 3. The van der Waals surface area contributed by atoms with E-state index in [0.717, 1.165) is 25.7 Å². The lowest BCUT2D eigenvalue weighted by Crippen LogP contribution is -2.15. The first-order valence-corrected chi connectivity index (χ1v) is 21.4. The van der Waals surface area contributed by atoms with Crippen LogP contribution in [0.2, 0.25) is 0 Å². The van der Waals surface area contributed by atoms with Crippen LogP contribution >= 0.6 is 0 Å². The number of hydrogen-bond donors (Lipinski definition) is 0. The van der Waals surface area contributed by atoms with Gasteiger partial charge >= 0.3 is 0 Å². The zero-order chi connectivity index (χ0) is 39.0. The molecule has 278 valence electrons. The van der Waals surface area contributed by atoms with E-state index in [4.69, 9.17) is 0 Å². The van der Waals surface area contributed by atoms with Gasteiger partial charge in [-0.2, -0.15) is 0 Å². The molecule has 0 nitrogen and oxygen atoms in total. The highest BCUT2D eigenvalue weighted by Crippen LogP contribution is 2.52. The Hall–Kier alpha value is -6.76. The molecule has 0 saturated heterocycles. The van der Waals surface area contributed by atoms with Crippen molar-refractivity contribution in [3.05, 3.63) is 202 Å². The SMILES string of the molecule is CC1(C)c2cc(-c3ccccc3-c3cccc(-c4ccc5c6c7c(ccc46)C=CCC7=CC5)c3)ccc2-c2ccc(-c3ccc4c5c6c(ccc35)C=CCC6=CC4)cc21. The Bertz CT molecular complexity index is 3330. The average molecular weight is 751 g/mol. The largest absolute Gasteiger partial charge is 0.0795 e. The first-order valence-electron chi connectivity index (χ1n) is 21.4. The van der Waals surface area contributed by atoms with Gasteiger partial charge in [0.15, 0.2) is 0 Å². The van der Waals surface area contributed by atoms with E-state index in [1.165, 1.54) is 133 Å². The topological polar surface area (TPSA) is 0 Å². The lowest BCUT2D eigenvalue weighted by Gasteiger charge is -2.25. The third-order valence-corrected chi connectivity index (χ3v) is 14.4. The Labute approximate surface area is 346 Å². The van der Waals surface area contributed by atoms with Crippen LogP contribution < -0.4 is 0 Å². The van der Waals surface area contributed by atoms with Crippen LogP contribution in [0.3, 0.4) is 0 Å². The molecular weight excluding hydrogens is 709 g/mol. The van der Waals surface area contributed by atoms with Gasteiger partial charge in [-0.25, -0.2) is 0 Å². The first-order chi connectivity index (χ1) is 29.0. The Balaban J connectivity index is 0.884. The molecule has 0 fully saturated rings. The van der Waals surface area contributed by atoms with E-state index in [0.29, 0.717) is 0 Å². The second-order valence-electron chi connectivity index (χ2n) is 17.8. The summed E-state index contributed by atoms with van der Waals surface area (Å²) in [6.45, 7) is 4.83. The molecular formula is C59H42. The summed E-state index contributed by atoms with van der Waals surface area (Å²) >= 11 is 0. The van der Waals surface area contributed by atoms with Crippen molar-refractivity contribution in [2.75, 3.05) is 0 Å². The van der Waals surface area contributed by atoms with Crippen LogP contribution in [0.15, 0.2) is 158 Å². The van der Waals surface area contributed by atoms with Gasteiger partial charge in [-0.1, -0.05) is 166 Å². The molecule has 0 atom stereocenters. The molecule has 0 spiro atoms. The van der Waals surface area contributed by atoms with E-state index in [-0.39, 0.29) is 5.41 Å². The zero-order valence-corrected chi connectivity index (χ0v) is 33.5. The van der Waals surface area contributed by atoms with Crippen molar-refractivity contribution in [3.8, 4) is 55.6 Å². The van der Waals surface area contributed by atoms with Gasteiger partial charge in [-0.15, -0.1) is 0 Å². The van der Waals surface area contributed by atoms with Crippen molar-refractivity contribution in [1.82, 2.24) is 0 Å². The predicted molar refractivity (Wildman–Crippen MR) is 251 cm³/mol. The summed E-state index contributed by atoms with van der Waals surface area (Å²) < 4.78 is 0. The molecule has 0 heteroatoms. The van der Waals surface area contributed by atoms with Crippen molar-refractivity contribution in [3.63, 3.8) is 0 Å². The van der Waals surface area contributed by atoms with Crippen molar-refractivity contribution < 1.29 is 0 Å². The van der Waals surface area contributed by atoms with Crippen LogP contribution in [0.4, 0.5) is 0 Å². The molecule has 0 radical (unpaired) electrons. The monoisotopic (exact) mass is 750 g/mol. The smallest absolute Gasteiger partial charge is 0.0159 e. The van der Waals surface area contributed by atoms with Crippen LogP contribution in [0.1, 0.15) is 71.2 Å². The molecule has 0 N–H and O–H groups in total. The minimum atomic E-state index is -0.146. The van der Waals surface area contributed by atoms with Crippen molar-refractivity contribution in [2.24, 2.45) is 0 Å². The van der Waals surface area contributed by atoms with E-state index < -0.39 is 0 Å². The molecule has 5 aliphatic rings. The van der Waals surface area contributed by atoms with Crippen LogP contribution in [-0.2, 0) is 18.3 Å². The number of rotatable bonds is 4. The minimum absolute atomic E-state index is 0.146. The van der Waals surface area contributed by atoms with Crippen LogP contribution in [0.5, 0.6) is 0 Å². The number of allylic oxidation sites excluding steroid dienone is 6. The van der Waals surface area contributed by atoms with Crippen LogP contribution in [0, 0.1) is 0 Å². The van der Waals surface area contributed by atoms with Gasteiger partial charge in [0.05, 0.1) is 0 Å². The Morgan fingerprint density at radius 3 is 1.41 bits per heavy atom. The molecule has 0 amide bonds. The molecule has 0 aliphatic heterocycles. The first kappa shape index (κ1) is 33.2. The molecule has 0 unspecified atom stereocenters. The van der Waals surface area contributed by atoms with E-state index in [9.17, 15) is 0 Å². The fourth-order valence-electron chi connectivity index (χ4n) is 11.5. The molecule has 59 heavy (non-hydrogen) atoms. The Kier molecular flexibility index (Phi) is 6.84. The second-order valence-corrected chi connectivity index (χ2v) is 17.8. The van der Waals surface area contributed by atoms with Gasteiger partial charge in [0.25, 0.3) is 0 Å². The van der Waals surface area contributed by atoms with Crippen LogP contribution in [0.25, 0.3) is 100 Å². The highest BCUT2D eigenvalue weighted by Gasteiger charge is 2.36. The summed E-state index contributed by atoms with van der Waals surface area (Å²) in [6, 6.07) is 51.5. The van der Waals surface area contributed by atoms with Crippen molar-refractivity contribution >= 4 is 44.8 Å². The standard InChI is InChI=1S/C59H42/c1-59(2)53-33-43(24-28-49(53)50-29-25-44(34-54(50)59)48-27-21-40-19-17-36-9-6-11-38-23-31-52(48)58(40)56(36)38)46-15-4-3-14-45(46)41-12-7-13-42(32-41)47-26-20-39-18-16-35-8-5-10-37-22-30-51(47)57(39)55(35)37/h3-7,10-17,20-34H,8-9,18-19H2,1-2H3. The van der Waals surface area contributed by atoms with E-state index in [1.807, 2.05) is 0 Å². The number of benzene rings is 8. The van der Waals surface area contributed by atoms with Crippen LogP contribution in [-0.4, -0.2) is 0 Å². The summed E-state index contributed by atoms with van der Waals surface area (Å²) in [5, 5.41) is 5.64. The lowest BCUT2D eigenvalue weighted by molar-refractivity contribution is 0.661. The Morgan fingerprint density at radius 2 is 0.864 bits per heavy atom. The lowest BCUT2D eigenvalue weighted by atomic mass is 9.78. The fourth-order valence-corrected chi connectivity index (χ4v) is 11.5. The molecule has 0 saturated carbocycles. The number of hydrogen-bond acceptors (Lipinski definition) is 0. The quantitative estimate of drug-likeness (QED) is 0.168. The normalized spacial score (nSPS) is 15.9. The summed E-state index contributed by atoms with van der Waals surface area (Å²) in [5.41, 5.74) is 27.1. The van der Waals surface area contributed by atoms with Gasteiger partial charge in [0, 0.05) is 5.41 Å². The zero-order valence-electron chi connectivity index (χ0n) is 33.5. The van der Waals surface area contributed by atoms with E-state index in [1.54, 1.807) is 0 Å². The molecule has 0 bridgehead atoms. The maximum absolute atomic E-state index is 2.49. The molecule has 0 heterocycles. The molecule has 8 aromatic carbocycles. The minimum Gasteiger partial charge on any atom is -0.0795 e. The summed E-state index contributed by atoms with van der Waals surface area (Å²) in [6.07, 6.45) is 18.2.